The van der Waals surface area contributed by atoms with Crippen molar-refractivity contribution in [1.29, 1.82) is 0 Å². The molecule has 246 valence electrons. The molecule has 2 aromatic carbocycles. The van der Waals surface area contributed by atoms with Crippen LogP contribution in [0.25, 0.3) is 0 Å². The van der Waals surface area contributed by atoms with E-state index in [2.05, 4.69) is 27.4 Å². The summed E-state index contributed by atoms with van der Waals surface area (Å²) in [5, 5.41) is 20.1. The normalized spacial score (nSPS) is 18.2. The number of nitrogens with one attached hydrogen (secondary N) is 2. The van der Waals surface area contributed by atoms with Gasteiger partial charge < -0.3 is 19.9 Å². The van der Waals surface area contributed by atoms with Crippen molar-refractivity contribution in [1.82, 2.24) is 15.2 Å². The molecule has 9 heteroatoms. The van der Waals surface area contributed by atoms with Gasteiger partial charge in [0.2, 0.25) is 5.91 Å². The molecular weight excluding hydrogens is 584 g/mol. The number of aliphatic hydroxyl groups is 1. The van der Waals surface area contributed by atoms with Gasteiger partial charge in [0.25, 0.3) is 0 Å². The third-order valence-electron chi connectivity index (χ3n) is 8.36. The molecule has 0 radical (unpaired) electrons. The molecule has 0 aliphatic carbocycles. The molecule has 1 aliphatic heterocycles. The number of unbranched alkanes of at least 4 members (excludes halogenated alkanes) is 12. The number of thioether (sulfide) groups is 1. The van der Waals surface area contributed by atoms with Crippen molar-refractivity contribution in [2.75, 3.05) is 11.1 Å². The summed E-state index contributed by atoms with van der Waals surface area (Å²) < 4.78 is 12.9. The molecular formula is C36H52N4O4S. The SMILES string of the molecule is CCCCCCCCCCCCCCCC(=O)Nc1cccc(C2OC(CSc3ncn[nH]3)CC(c3ccc(CO)cc3)O2)c1. The first kappa shape index (κ1) is 35.1. The van der Waals surface area contributed by atoms with Crippen LogP contribution in [0.5, 0.6) is 0 Å². The molecule has 45 heavy (non-hydrogen) atoms. The summed E-state index contributed by atoms with van der Waals surface area (Å²) in [4.78, 5) is 17.0. The van der Waals surface area contributed by atoms with Gasteiger partial charge >= 0.3 is 0 Å². The average Bonchev–Trinajstić information content (AvgIpc) is 3.60. The Labute approximate surface area is 273 Å². The third-order valence-corrected chi connectivity index (χ3v) is 9.37. The van der Waals surface area contributed by atoms with E-state index in [0.29, 0.717) is 18.6 Å². The molecule has 3 atom stereocenters. The Morgan fingerprint density at radius 1 is 0.911 bits per heavy atom. The van der Waals surface area contributed by atoms with E-state index >= 15 is 0 Å². The van der Waals surface area contributed by atoms with E-state index in [0.717, 1.165) is 40.4 Å². The lowest BCUT2D eigenvalue weighted by Crippen LogP contribution is -2.31. The highest BCUT2D eigenvalue weighted by Crippen LogP contribution is 2.39. The van der Waals surface area contributed by atoms with Crippen molar-refractivity contribution >= 4 is 23.4 Å². The first-order valence-electron chi connectivity index (χ1n) is 17.0. The van der Waals surface area contributed by atoms with Crippen molar-refractivity contribution in [3.8, 4) is 0 Å². The van der Waals surface area contributed by atoms with Gasteiger partial charge in [-0.05, 0) is 29.7 Å². The van der Waals surface area contributed by atoms with Crippen LogP contribution in [0.2, 0.25) is 0 Å². The van der Waals surface area contributed by atoms with Crippen LogP contribution in [0, 0.1) is 0 Å². The number of ether oxygens (including phenoxy) is 2. The summed E-state index contributed by atoms with van der Waals surface area (Å²) >= 11 is 1.57. The molecule has 0 saturated carbocycles. The highest BCUT2D eigenvalue weighted by Gasteiger charge is 2.32. The number of aliphatic hydroxyl groups excluding tert-OH is 1. The van der Waals surface area contributed by atoms with E-state index in [-0.39, 0.29) is 24.7 Å². The number of amides is 1. The largest absolute Gasteiger partial charge is 0.392 e. The molecule has 2 heterocycles. The van der Waals surface area contributed by atoms with Crippen LogP contribution in [0.4, 0.5) is 5.69 Å². The molecule has 1 aliphatic rings. The zero-order chi connectivity index (χ0) is 31.5. The lowest BCUT2D eigenvalue weighted by molar-refractivity contribution is -0.245. The summed E-state index contributed by atoms with van der Waals surface area (Å²) in [6.07, 6.45) is 18.7. The van der Waals surface area contributed by atoms with E-state index in [9.17, 15) is 9.90 Å². The Morgan fingerprint density at radius 2 is 1.60 bits per heavy atom. The number of aromatic nitrogens is 3. The second-order valence-corrected chi connectivity index (χ2v) is 13.1. The fourth-order valence-corrected chi connectivity index (χ4v) is 6.55. The number of hydrogen-bond donors (Lipinski definition) is 3. The fraction of sp³-hybridized carbons (Fsp3) is 0.583. The van der Waals surface area contributed by atoms with E-state index in [1.54, 1.807) is 11.8 Å². The maximum atomic E-state index is 12.7. The van der Waals surface area contributed by atoms with Crippen LogP contribution in [0.15, 0.2) is 60.0 Å². The van der Waals surface area contributed by atoms with Gasteiger partial charge in [-0.1, -0.05) is 132 Å². The number of anilines is 1. The Balaban J connectivity index is 1.21. The van der Waals surface area contributed by atoms with Crippen molar-refractivity contribution < 1.29 is 19.4 Å². The molecule has 0 spiro atoms. The average molecular weight is 637 g/mol. The van der Waals surface area contributed by atoms with Crippen LogP contribution in [-0.2, 0) is 20.9 Å². The van der Waals surface area contributed by atoms with Gasteiger partial charge in [0.1, 0.15) is 6.33 Å². The van der Waals surface area contributed by atoms with Crippen molar-refractivity contribution in [3.63, 3.8) is 0 Å². The minimum atomic E-state index is -0.584. The number of carbonyl (C=O) groups excluding carboxylic acids is 1. The zero-order valence-electron chi connectivity index (χ0n) is 26.9. The second kappa shape index (κ2) is 20.4. The Bertz CT molecular complexity index is 1220. The molecule has 1 saturated heterocycles. The Hall–Kier alpha value is -2.72. The zero-order valence-corrected chi connectivity index (χ0v) is 27.7. The Kier molecular flexibility index (Phi) is 15.9. The number of benzene rings is 2. The molecule has 1 fully saturated rings. The van der Waals surface area contributed by atoms with Crippen LogP contribution in [0.3, 0.4) is 0 Å². The number of aromatic amines is 1. The highest BCUT2D eigenvalue weighted by molar-refractivity contribution is 7.99. The van der Waals surface area contributed by atoms with Crippen LogP contribution < -0.4 is 5.32 Å². The minimum absolute atomic E-state index is 0.00581. The smallest absolute Gasteiger partial charge is 0.224 e. The van der Waals surface area contributed by atoms with Gasteiger partial charge in [-0.25, -0.2) is 4.98 Å². The molecule has 8 nitrogen and oxygen atoms in total. The summed E-state index contributed by atoms with van der Waals surface area (Å²) in [5.74, 6) is 0.736. The quantitative estimate of drug-likeness (QED) is 0.0790. The highest BCUT2D eigenvalue weighted by atomic mass is 32.2. The van der Waals surface area contributed by atoms with Crippen molar-refractivity contribution in [2.45, 2.75) is 133 Å². The fourth-order valence-electron chi connectivity index (χ4n) is 5.75. The molecule has 1 amide bonds. The summed E-state index contributed by atoms with van der Waals surface area (Å²) in [6, 6.07) is 15.6. The number of carbonyl (C=O) groups is 1. The molecule has 3 aromatic rings. The summed E-state index contributed by atoms with van der Waals surface area (Å²) in [7, 11) is 0. The first-order valence-corrected chi connectivity index (χ1v) is 18.0. The molecule has 3 N–H and O–H groups in total. The molecule has 3 unspecified atom stereocenters. The van der Waals surface area contributed by atoms with Crippen molar-refractivity contribution in [2.24, 2.45) is 0 Å². The molecule has 0 bridgehead atoms. The van der Waals surface area contributed by atoms with Gasteiger partial charge in [0.05, 0.1) is 18.8 Å². The number of H-pyrrole nitrogens is 1. The third kappa shape index (κ3) is 12.9. The maximum Gasteiger partial charge on any atom is 0.224 e. The van der Waals surface area contributed by atoms with Crippen LogP contribution in [0.1, 0.15) is 132 Å². The topological polar surface area (TPSA) is 109 Å². The summed E-state index contributed by atoms with van der Waals surface area (Å²) in [5.41, 5.74) is 3.51. The predicted octanol–water partition coefficient (Wildman–Crippen LogP) is 9.05. The lowest BCUT2D eigenvalue weighted by Gasteiger charge is -2.36. The van der Waals surface area contributed by atoms with E-state index in [1.807, 2.05) is 48.5 Å². The minimum Gasteiger partial charge on any atom is -0.392 e. The van der Waals surface area contributed by atoms with Crippen LogP contribution >= 0.6 is 11.8 Å². The van der Waals surface area contributed by atoms with Gasteiger partial charge in [-0.3, -0.25) is 9.89 Å². The number of nitrogens with zero attached hydrogens (tertiary/aromatic N) is 2. The van der Waals surface area contributed by atoms with Gasteiger partial charge in [-0.2, -0.15) is 5.10 Å². The molecule has 1 aromatic heterocycles. The molecule has 4 rings (SSSR count). The van der Waals surface area contributed by atoms with Gasteiger partial charge in [0, 0.05) is 29.8 Å². The number of hydrogen-bond acceptors (Lipinski definition) is 7. The second-order valence-electron chi connectivity index (χ2n) is 12.1. The van der Waals surface area contributed by atoms with Gasteiger partial charge in [0.15, 0.2) is 11.4 Å². The Morgan fingerprint density at radius 3 is 2.24 bits per heavy atom. The van der Waals surface area contributed by atoms with E-state index in [4.69, 9.17) is 9.47 Å². The van der Waals surface area contributed by atoms with Crippen LogP contribution in [-0.4, -0.2) is 38.1 Å². The lowest BCUT2D eigenvalue weighted by atomic mass is 10.0. The predicted molar refractivity (Wildman–Crippen MR) is 181 cm³/mol. The monoisotopic (exact) mass is 636 g/mol. The standard InChI is InChI=1S/C36H52N4O4S/c1-2-3-4-5-6-7-8-9-10-11-12-13-14-18-34(42)39-31-17-15-16-30(23-31)35-43-32(26-45-36-37-27-38-40-36)24-33(44-35)29-21-19-28(25-41)20-22-29/h15-17,19-23,27,32-33,35,41H,2-14,18,24-26H2,1H3,(H,39,42)(H,37,38,40). The van der Waals surface area contributed by atoms with Gasteiger partial charge in [-0.15, -0.1) is 0 Å². The number of rotatable bonds is 21. The summed E-state index contributed by atoms with van der Waals surface area (Å²) in [6.45, 7) is 2.27. The van der Waals surface area contributed by atoms with E-state index < -0.39 is 6.29 Å². The first-order chi connectivity index (χ1) is 22.1. The van der Waals surface area contributed by atoms with E-state index in [1.165, 1.54) is 77.0 Å². The maximum absolute atomic E-state index is 12.7. The van der Waals surface area contributed by atoms with Crippen molar-refractivity contribution in [3.05, 3.63) is 71.5 Å².